The summed E-state index contributed by atoms with van der Waals surface area (Å²) in [6.45, 7) is 5.01. The second-order valence-electron chi connectivity index (χ2n) is 4.30. The summed E-state index contributed by atoms with van der Waals surface area (Å²) < 4.78 is 5.35. The Balaban J connectivity index is 2.82. The largest absolute Gasteiger partial charge is 0.496 e. The Labute approximate surface area is 104 Å². The highest BCUT2D eigenvalue weighted by atomic mass is 16.5. The zero-order chi connectivity index (χ0) is 12.8. The van der Waals surface area contributed by atoms with Crippen molar-refractivity contribution in [3.05, 3.63) is 23.3 Å². The molecule has 0 atom stereocenters. The van der Waals surface area contributed by atoms with Gasteiger partial charge in [0.05, 0.1) is 13.2 Å². The number of rotatable bonds is 5. The SMILES string of the molecule is COc1c(C)cc(N(C)CCCC#N)cc1C. The van der Waals surface area contributed by atoms with Gasteiger partial charge in [0, 0.05) is 25.7 Å². The van der Waals surface area contributed by atoms with Crippen molar-refractivity contribution in [1.82, 2.24) is 0 Å². The molecule has 0 aliphatic heterocycles. The van der Waals surface area contributed by atoms with E-state index in [0.717, 1.165) is 29.8 Å². The Morgan fingerprint density at radius 3 is 2.35 bits per heavy atom. The van der Waals surface area contributed by atoms with E-state index in [1.165, 1.54) is 5.69 Å². The monoisotopic (exact) mass is 232 g/mol. The van der Waals surface area contributed by atoms with Gasteiger partial charge in [-0.15, -0.1) is 0 Å². The van der Waals surface area contributed by atoms with Gasteiger partial charge in [-0.25, -0.2) is 0 Å². The number of aryl methyl sites for hydroxylation is 2. The summed E-state index contributed by atoms with van der Waals surface area (Å²) in [7, 11) is 3.75. The number of hydrogen-bond acceptors (Lipinski definition) is 3. The fourth-order valence-corrected chi connectivity index (χ4v) is 1.99. The summed E-state index contributed by atoms with van der Waals surface area (Å²) in [5, 5.41) is 8.52. The number of ether oxygens (including phenoxy) is 1. The Hall–Kier alpha value is -1.69. The van der Waals surface area contributed by atoms with Gasteiger partial charge in [0.2, 0.25) is 0 Å². The zero-order valence-electron chi connectivity index (χ0n) is 11.1. The van der Waals surface area contributed by atoms with Gasteiger partial charge in [-0.2, -0.15) is 5.26 Å². The van der Waals surface area contributed by atoms with Gasteiger partial charge in [0.15, 0.2) is 0 Å². The number of methoxy groups -OCH3 is 1. The molecule has 0 unspecified atom stereocenters. The Morgan fingerprint density at radius 2 is 1.88 bits per heavy atom. The Morgan fingerprint density at radius 1 is 1.29 bits per heavy atom. The van der Waals surface area contributed by atoms with Crippen LogP contribution >= 0.6 is 0 Å². The number of unbranched alkanes of at least 4 members (excludes halogenated alkanes) is 1. The molecule has 1 aromatic carbocycles. The third kappa shape index (κ3) is 3.39. The van der Waals surface area contributed by atoms with Crippen molar-refractivity contribution in [2.45, 2.75) is 26.7 Å². The standard InChI is InChI=1S/C14H20N2O/c1-11-9-13(10-12(2)14(11)17-4)16(3)8-6-5-7-15/h9-10H,5-6,8H2,1-4H3. The number of nitriles is 1. The van der Waals surface area contributed by atoms with Crippen LogP contribution in [0.1, 0.15) is 24.0 Å². The predicted molar refractivity (Wildman–Crippen MR) is 70.6 cm³/mol. The molecule has 3 heteroatoms. The lowest BCUT2D eigenvalue weighted by atomic mass is 10.1. The first-order chi connectivity index (χ1) is 8.10. The van der Waals surface area contributed by atoms with Crippen molar-refractivity contribution in [2.24, 2.45) is 0 Å². The minimum Gasteiger partial charge on any atom is -0.496 e. The zero-order valence-corrected chi connectivity index (χ0v) is 11.1. The maximum absolute atomic E-state index is 8.52. The molecule has 0 N–H and O–H groups in total. The van der Waals surface area contributed by atoms with Gasteiger partial charge in [0.1, 0.15) is 5.75 Å². The molecule has 0 aliphatic carbocycles. The fourth-order valence-electron chi connectivity index (χ4n) is 1.99. The van der Waals surface area contributed by atoms with E-state index in [2.05, 4.69) is 44.0 Å². The van der Waals surface area contributed by atoms with Crippen LogP contribution in [0.3, 0.4) is 0 Å². The molecule has 0 aliphatic rings. The van der Waals surface area contributed by atoms with E-state index in [4.69, 9.17) is 10.00 Å². The molecule has 1 rings (SSSR count). The van der Waals surface area contributed by atoms with Crippen LogP contribution in [0.15, 0.2) is 12.1 Å². The van der Waals surface area contributed by atoms with Crippen molar-refractivity contribution in [1.29, 1.82) is 5.26 Å². The lowest BCUT2D eigenvalue weighted by Crippen LogP contribution is -2.18. The molecule has 0 heterocycles. The Kier molecular flexibility index (Phi) is 4.84. The van der Waals surface area contributed by atoms with Crippen molar-refractivity contribution >= 4 is 5.69 Å². The van der Waals surface area contributed by atoms with E-state index in [-0.39, 0.29) is 0 Å². The lowest BCUT2D eigenvalue weighted by molar-refractivity contribution is 0.408. The molecule has 0 aromatic heterocycles. The summed E-state index contributed by atoms with van der Waals surface area (Å²) in [4.78, 5) is 2.18. The van der Waals surface area contributed by atoms with Crippen molar-refractivity contribution in [2.75, 3.05) is 25.6 Å². The first-order valence-electron chi connectivity index (χ1n) is 5.83. The summed E-state index contributed by atoms with van der Waals surface area (Å²) in [5.74, 6) is 0.958. The van der Waals surface area contributed by atoms with E-state index < -0.39 is 0 Å². The molecule has 0 saturated heterocycles. The molecule has 0 spiro atoms. The van der Waals surface area contributed by atoms with Crippen LogP contribution in [0.5, 0.6) is 5.75 Å². The van der Waals surface area contributed by atoms with Crippen LogP contribution in [0.25, 0.3) is 0 Å². The molecule has 0 amide bonds. The fraction of sp³-hybridized carbons (Fsp3) is 0.500. The molecule has 17 heavy (non-hydrogen) atoms. The summed E-state index contributed by atoms with van der Waals surface area (Å²) in [5.41, 5.74) is 3.48. The minimum absolute atomic E-state index is 0.610. The second kappa shape index (κ2) is 6.15. The molecule has 92 valence electrons. The number of benzene rings is 1. The van der Waals surface area contributed by atoms with Crippen LogP contribution < -0.4 is 9.64 Å². The van der Waals surface area contributed by atoms with Crippen molar-refractivity contribution in [3.63, 3.8) is 0 Å². The van der Waals surface area contributed by atoms with Crippen LogP contribution in [-0.4, -0.2) is 20.7 Å². The highest BCUT2D eigenvalue weighted by Crippen LogP contribution is 2.28. The highest BCUT2D eigenvalue weighted by Gasteiger charge is 2.07. The minimum atomic E-state index is 0.610. The normalized spacial score (nSPS) is 9.82. The third-order valence-corrected chi connectivity index (χ3v) is 2.87. The number of nitrogens with zero attached hydrogens (tertiary/aromatic N) is 2. The van der Waals surface area contributed by atoms with E-state index in [0.29, 0.717) is 6.42 Å². The molecular formula is C14H20N2O. The topological polar surface area (TPSA) is 36.3 Å². The lowest BCUT2D eigenvalue weighted by Gasteiger charge is -2.21. The predicted octanol–water partition coefficient (Wildman–Crippen LogP) is 3.05. The summed E-state index contributed by atoms with van der Waals surface area (Å²) in [6.07, 6.45) is 1.51. The molecule has 1 aromatic rings. The molecule has 0 radical (unpaired) electrons. The molecule has 3 nitrogen and oxygen atoms in total. The van der Waals surface area contributed by atoms with Gasteiger partial charge < -0.3 is 9.64 Å². The van der Waals surface area contributed by atoms with Crippen LogP contribution in [-0.2, 0) is 0 Å². The van der Waals surface area contributed by atoms with E-state index in [1.807, 2.05) is 0 Å². The molecule has 0 saturated carbocycles. The van der Waals surface area contributed by atoms with Crippen LogP contribution in [0, 0.1) is 25.2 Å². The second-order valence-corrected chi connectivity index (χ2v) is 4.30. The quantitative estimate of drug-likeness (QED) is 0.732. The average Bonchev–Trinajstić information content (AvgIpc) is 2.28. The van der Waals surface area contributed by atoms with Gasteiger partial charge in [-0.1, -0.05) is 0 Å². The van der Waals surface area contributed by atoms with E-state index in [1.54, 1.807) is 7.11 Å². The summed E-state index contributed by atoms with van der Waals surface area (Å²) >= 11 is 0. The van der Waals surface area contributed by atoms with Crippen LogP contribution in [0.4, 0.5) is 5.69 Å². The molecule has 0 bridgehead atoms. The third-order valence-electron chi connectivity index (χ3n) is 2.87. The molecule has 0 fully saturated rings. The van der Waals surface area contributed by atoms with Gasteiger partial charge >= 0.3 is 0 Å². The Bertz CT molecular complexity index is 398. The van der Waals surface area contributed by atoms with Gasteiger partial charge in [-0.3, -0.25) is 0 Å². The molecular weight excluding hydrogens is 212 g/mol. The first kappa shape index (κ1) is 13.4. The van der Waals surface area contributed by atoms with Crippen molar-refractivity contribution in [3.8, 4) is 11.8 Å². The maximum Gasteiger partial charge on any atom is 0.124 e. The smallest absolute Gasteiger partial charge is 0.124 e. The maximum atomic E-state index is 8.52. The highest BCUT2D eigenvalue weighted by molar-refractivity contribution is 5.56. The van der Waals surface area contributed by atoms with Crippen LogP contribution in [0.2, 0.25) is 0 Å². The number of anilines is 1. The van der Waals surface area contributed by atoms with Crippen molar-refractivity contribution < 1.29 is 4.74 Å². The summed E-state index contributed by atoms with van der Waals surface area (Å²) in [6, 6.07) is 6.42. The van der Waals surface area contributed by atoms with Gasteiger partial charge in [-0.05, 0) is 43.5 Å². The average molecular weight is 232 g/mol. The van der Waals surface area contributed by atoms with Gasteiger partial charge in [0.25, 0.3) is 0 Å². The van der Waals surface area contributed by atoms with E-state index in [9.17, 15) is 0 Å². The number of hydrogen-bond donors (Lipinski definition) is 0. The first-order valence-corrected chi connectivity index (χ1v) is 5.83. The van der Waals surface area contributed by atoms with E-state index >= 15 is 0 Å².